The number of phosphoric ester groups is 2. The number of unbranched alkanes of at least 4 members (excludes halogenated alkanes) is 21. The van der Waals surface area contributed by atoms with Gasteiger partial charge in [-0.05, 0) is 30.7 Å². The highest BCUT2D eigenvalue weighted by atomic mass is 31.3. The number of esters is 2. The quantitative estimate of drug-likeness (QED) is 0.0232. The number of aromatic nitrogens is 2. The van der Waals surface area contributed by atoms with Crippen molar-refractivity contribution in [2.24, 2.45) is 11.8 Å². The lowest BCUT2D eigenvalue weighted by molar-refractivity contribution is -0.161. The molecule has 0 radical (unpaired) electrons. The second-order valence-electron chi connectivity index (χ2n) is 19.0. The summed E-state index contributed by atoms with van der Waals surface area (Å²) >= 11 is 0. The van der Waals surface area contributed by atoms with E-state index < -0.39 is 83.7 Å². The Kier molecular flexibility index (Phi) is 31.8. The first kappa shape index (κ1) is 60.9. The van der Waals surface area contributed by atoms with E-state index in [1.807, 2.05) is 0 Å². The number of nitrogen functional groups attached to an aromatic ring is 1. The Morgan fingerprint density at radius 3 is 1.57 bits per heavy atom. The van der Waals surface area contributed by atoms with E-state index in [9.17, 15) is 43.5 Å². The highest BCUT2D eigenvalue weighted by Crippen LogP contribution is 2.60. The third-order valence-electron chi connectivity index (χ3n) is 11.8. The van der Waals surface area contributed by atoms with Crippen LogP contribution in [0.25, 0.3) is 0 Å². The van der Waals surface area contributed by atoms with Crippen LogP contribution in [-0.2, 0) is 46.3 Å². The third-order valence-corrected chi connectivity index (χ3v) is 14.4. The first-order valence-electron chi connectivity index (χ1n) is 25.3. The van der Waals surface area contributed by atoms with E-state index in [1.54, 1.807) is 0 Å². The molecule has 7 atom stereocenters. The number of aliphatic hydroxyl groups excluding tert-OH is 2. The first-order chi connectivity index (χ1) is 31.9. The monoisotopic (exact) mass is 996 g/mol. The molecule has 3 unspecified atom stereocenters. The molecule has 18 nitrogen and oxygen atoms in total. The van der Waals surface area contributed by atoms with Crippen molar-refractivity contribution in [2.45, 2.75) is 232 Å². The maximum Gasteiger partial charge on any atom is 0.481 e. The number of aliphatic hydroxyl groups is 2. The van der Waals surface area contributed by atoms with E-state index >= 15 is 0 Å². The molecular formula is C47H87N3O15P2. The van der Waals surface area contributed by atoms with Gasteiger partial charge in [-0.25, -0.2) is 13.9 Å². The number of phosphoric acid groups is 2. The predicted molar refractivity (Wildman–Crippen MR) is 257 cm³/mol. The van der Waals surface area contributed by atoms with E-state index in [2.05, 4.69) is 37.0 Å². The van der Waals surface area contributed by atoms with Crippen LogP contribution in [0.4, 0.5) is 5.82 Å². The van der Waals surface area contributed by atoms with Gasteiger partial charge in [0.05, 0.1) is 13.2 Å². The second kappa shape index (κ2) is 35.0. The summed E-state index contributed by atoms with van der Waals surface area (Å²) in [6.45, 7) is 6.78. The molecule has 67 heavy (non-hydrogen) atoms. The average molecular weight is 996 g/mol. The molecule has 2 heterocycles. The Morgan fingerprint density at radius 2 is 1.10 bits per heavy atom. The lowest BCUT2D eigenvalue weighted by Crippen LogP contribution is -2.36. The summed E-state index contributed by atoms with van der Waals surface area (Å²) in [5.74, 6) is 0.263. The number of nitrogens with two attached hydrogens (primary N) is 1. The maximum absolute atomic E-state index is 12.8. The highest BCUT2D eigenvalue weighted by molar-refractivity contribution is 7.61. The van der Waals surface area contributed by atoms with Gasteiger partial charge in [0.15, 0.2) is 12.3 Å². The molecule has 1 aliphatic heterocycles. The molecule has 390 valence electrons. The van der Waals surface area contributed by atoms with Crippen LogP contribution in [0.3, 0.4) is 0 Å². The predicted octanol–water partition coefficient (Wildman–Crippen LogP) is 9.99. The number of carbonyl (C=O) groups excluding carboxylic acids is 2. The number of hydrogen-bond acceptors (Lipinski definition) is 15. The number of rotatable bonds is 41. The van der Waals surface area contributed by atoms with Crippen molar-refractivity contribution in [1.82, 2.24) is 9.55 Å². The van der Waals surface area contributed by atoms with Gasteiger partial charge in [0.1, 0.15) is 30.7 Å². The molecule has 20 heteroatoms. The Balaban J connectivity index is 1.80. The lowest BCUT2D eigenvalue weighted by atomic mass is 10.0. The molecule has 0 aliphatic carbocycles. The maximum atomic E-state index is 12.8. The molecule has 1 aromatic heterocycles. The Hall–Kier alpha value is -2.24. The number of ether oxygens (including phenoxy) is 3. The number of carbonyl (C=O) groups is 2. The van der Waals surface area contributed by atoms with Gasteiger partial charge in [0, 0.05) is 19.0 Å². The van der Waals surface area contributed by atoms with Gasteiger partial charge >= 0.3 is 33.3 Å². The molecule has 0 spiro atoms. The van der Waals surface area contributed by atoms with Gasteiger partial charge in [0.25, 0.3) is 0 Å². The van der Waals surface area contributed by atoms with E-state index in [4.69, 9.17) is 29.0 Å². The van der Waals surface area contributed by atoms with Crippen LogP contribution < -0.4 is 11.4 Å². The van der Waals surface area contributed by atoms with Crippen molar-refractivity contribution in [3.63, 3.8) is 0 Å². The van der Waals surface area contributed by atoms with Gasteiger partial charge in [-0.1, -0.05) is 175 Å². The molecule has 0 saturated carbocycles. The lowest BCUT2D eigenvalue weighted by Gasteiger charge is -2.21. The SMILES string of the molecule is CC(C)CCCCCCCCCCCCCCC(=O)O[C@H](COC(=O)CCCCCCCCCCCCCC(C)C)COP(=O)(O)OP(=O)(O)OC[C@H]1O[C@@H](n2ccc(N)nc2=O)C(O)[C@H]1O. The minimum atomic E-state index is -5.42. The Morgan fingerprint density at radius 1 is 0.672 bits per heavy atom. The van der Waals surface area contributed by atoms with Crippen LogP contribution in [-0.4, -0.2) is 85.7 Å². The highest BCUT2D eigenvalue weighted by Gasteiger charge is 2.46. The fourth-order valence-electron chi connectivity index (χ4n) is 7.86. The minimum absolute atomic E-state index is 0.0562. The molecule has 1 fully saturated rings. The van der Waals surface area contributed by atoms with Gasteiger partial charge in [-0.3, -0.25) is 23.2 Å². The topological polar surface area (TPSA) is 265 Å². The zero-order valence-electron chi connectivity index (χ0n) is 41.1. The summed E-state index contributed by atoms with van der Waals surface area (Å²) in [5.41, 5.74) is 4.59. The van der Waals surface area contributed by atoms with Crippen molar-refractivity contribution >= 4 is 33.4 Å². The van der Waals surface area contributed by atoms with Crippen LogP contribution >= 0.6 is 15.6 Å². The molecule has 1 saturated heterocycles. The van der Waals surface area contributed by atoms with E-state index in [0.717, 1.165) is 67.8 Å². The summed E-state index contributed by atoms with van der Waals surface area (Å²) in [6.07, 6.45) is 22.0. The summed E-state index contributed by atoms with van der Waals surface area (Å²) in [7, 11) is -10.8. The molecule has 2 rings (SSSR count). The first-order valence-corrected chi connectivity index (χ1v) is 28.3. The van der Waals surface area contributed by atoms with Crippen molar-refractivity contribution < 1.29 is 66.3 Å². The van der Waals surface area contributed by atoms with Gasteiger partial charge in [0.2, 0.25) is 0 Å². The van der Waals surface area contributed by atoms with E-state index in [-0.39, 0.29) is 18.7 Å². The molecule has 1 aliphatic rings. The smallest absolute Gasteiger partial charge is 0.462 e. The van der Waals surface area contributed by atoms with Crippen LogP contribution in [0.15, 0.2) is 17.1 Å². The third kappa shape index (κ3) is 29.5. The zero-order valence-corrected chi connectivity index (χ0v) is 42.8. The normalized spacial score (nSPS) is 19.7. The summed E-state index contributed by atoms with van der Waals surface area (Å²) in [5, 5.41) is 20.9. The number of anilines is 1. The minimum Gasteiger partial charge on any atom is -0.462 e. The van der Waals surface area contributed by atoms with E-state index in [1.165, 1.54) is 109 Å². The molecule has 6 N–H and O–H groups in total. The average Bonchev–Trinajstić information content (AvgIpc) is 3.53. The van der Waals surface area contributed by atoms with Gasteiger partial charge in [-0.15, -0.1) is 0 Å². The Bertz CT molecular complexity index is 1650. The number of nitrogens with zero attached hydrogens (tertiary/aromatic N) is 2. The summed E-state index contributed by atoms with van der Waals surface area (Å²) in [4.78, 5) is 61.9. The fourth-order valence-corrected chi connectivity index (χ4v) is 9.97. The standard InChI is InChI=1S/C47H87N3O15P2/c1-37(2)28-24-20-16-12-8-5-6-10-15-19-23-27-31-43(52)63-39(34-60-42(51)30-26-22-18-14-11-7-9-13-17-21-25-29-38(3)4)35-61-66(56,57)65-67(58,59)62-36-40-44(53)45(54)46(64-40)50-33-32-41(48)49-47(50)55/h32-33,37-40,44-46,53-54H,5-31,34-36H2,1-4H3,(H,56,57)(H,58,59)(H2,48,49,55)/t39-,40-,44+,45?,46-/m1/s1. The Labute approximate surface area is 400 Å². The van der Waals surface area contributed by atoms with Crippen molar-refractivity contribution in [3.05, 3.63) is 22.7 Å². The van der Waals surface area contributed by atoms with Crippen LogP contribution in [0.2, 0.25) is 0 Å². The van der Waals surface area contributed by atoms with Crippen molar-refractivity contribution in [1.29, 1.82) is 0 Å². The summed E-state index contributed by atoms with van der Waals surface area (Å²) in [6, 6.07) is 1.25. The van der Waals surface area contributed by atoms with Crippen LogP contribution in [0, 0.1) is 11.8 Å². The zero-order chi connectivity index (χ0) is 49.5. The van der Waals surface area contributed by atoms with Gasteiger partial charge in [-0.2, -0.15) is 9.29 Å². The van der Waals surface area contributed by atoms with Crippen molar-refractivity contribution in [3.8, 4) is 0 Å². The van der Waals surface area contributed by atoms with E-state index in [0.29, 0.717) is 12.8 Å². The molecule has 1 aromatic rings. The number of hydrogen-bond donors (Lipinski definition) is 5. The summed E-state index contributed by atoms with van der Waals surface area (Å²) < 4.78 is 56.8. The second-order valence-corrected chi connectivity index (χ2v) is 22.0. The molecule has 0 bridgehead atoms. The van der Waals surface area contributed by atoms with Crippen molar-refractivity contribution in [2.75, 3.05) is 25.6 Å². The molecule has 0 amide bonds. The van der Waals surface area contributed by atoms with Gasteiger partial charge < -0.3 is 39.9 Å². The molecule has 0 aromatic carbocycles. The molecular weight excluding hydrogens is 908 g/mol. The van der Waals surface area contributed by atoms with Crippen LogP contribution in [0.1, 0.15) is 207 Å². The van der Waals surface area contributed by atoms with Crippen LogP contribution in [0.5, 0.6) is 0 Å². The largest absolute Gasteiger partial charge is 0.481 e. The fraction of sp³-hybridized carbons (Fsp3) is 0.872.